The van der Waals surface area contributed by atoms with Crippen LogP contribution in [0.4, 0.5) is 0 Å². The average Bonchev–Trinajstić information content (AvgIpc) is 3.52. The lowest BCUT2D eigenvalue weighted by Gasteiger charge is -2.17. The van der Waals surface area contributed by atoms with Gasteiger partial charge in [0, 0.05) is 12.0 Å². The van der Waals surface area contributed by atoms with E-state index < -0.39 is 29.5 Å². The molecule has 0 aliphatic heterocycles. The summed E-state index contributed by atoms with van der Waals surface area (Å²) in [6.45, 7) is 6.89. The first-order valence-corrected chi connectivity index (χ1v) is 9.42. The third-order valence-corrected chi connectivity index (χ3v) is 5.17. The third-order valence-electron chi connectivity index (χ3n) is 5.17. The van der Waals surface area contributed by atoms with E-state index in [1.807, 2.05) is 30.3 Å². The Labute approximate surface area is 167 Å². The minimum Gasteiger partial charge on any atom is -0.354 e. The van der Waals surface area contributed by atoms with Crippen molar-refractivity contribution in [2.45, 2.75) is 37.9 Å². The van der Waals surface area contributed by atoms with Gasteiger partial charge in [-0.2, -0.15) is 0 Å². The molecule has 8 nitrogen and oxygen atoms in total. The van der Waals surface area contributed by atoms with Gasteiger partial charge in [-0.3, -0.25) is 4.79 Å². The highest BCUT2D eigenvalue weighted by molar-refractivity contribution is 5.75. The predicted octanol–water partition coefficient (Wildman–Crippen LogP) is 0.392. The zero-order valence-electron chi connectivity index (χ0n) is 16.2. The number of carbonyl (C=O) groups is 1. The molecule has 0 radical (unpaired) electrons. The summed E-state index contributed by atoms with van der Waals surface area (Å²) in [6, 6.07) is 9.92. The van der Waals surface area contributed by atoms with Crippen molar-refractivity contribution in [2.24, 2.45) is 0 Å². The van der Waals surface area contributed by atoms with Gasteiger partial charge >= 0.3 is 17.1 Å². The third kappa shape index (κ3) is 4.06. The summed E-state index contributed by atoms with van der Waals surface area (Å²) in [7, 11) is 0. The molecule has 0 saturated heterocycles. The van der Waals surface area contributed by atoms with Gasteiger partial charge in [-0.25, -0.2) is 28.1 Å². The average molecular weight is 396 g/mol. The molecule has 152 valence electrons. The van der Waals surface area contributed by atoms with Gasteiger partial charge in [-0.05, 0) is 18.4 Å². The second kappa shape index (κ2) is 8.30. The number of nitrogens with zero attached hydrogens (tertiary/aromatic N) is 3. The molecule has 0 bridgehead atoms. The fraction of sp³-hybridized carbons (Fsp3) is 0.333. The Kier molecular flexibility index (Phi) is 5.81. The van der Waals surface area contributed by atoms with Crippen LogP contribution in [0.25, 0.3) is 0 Å². The first-order chi connectivity index (χ1) is 13.9. The van der Waals surface area contributed by atoms with Crippen LogP contribution in [-0.2, 0) is 29.8 Å². The van der Waals surface area contributed by atoms with Gasteiger partial charge < -0.3 is 5.32 Å². The zero-order chi connectivity index (χ0) is 21.0. The molecule has 2 aromatic rings. The molecule has 1 N–H and O–H groups in total. The van der Waals surface area contributed by atoms with E-state index in [2.05, 4.69) is 18.5 Å². The largest absolute Gasteiger partial charge is 0.354 e. The molecule has 1 aromatic carbocycles. The number of amides is 1. The fourth-order valence-electron chi connectivity index (χ4n) is 3.37. The van der Waals surface area contributed by atoms with Crippen LogP contribution < -0.4 is 22.4 Å². The number of hydrogen-bond donors (Lipinski definition) is 1. The van der Waals surface area contributed by atoms with Crippen molar-refractivity contribution < 1.29 is 4.79 Å². The Morgan fingerprint density at radius 1 is 0.931 bits per heavy atom. The molecule has 0 atom stereocenters. The molecule has 8 heteroatoms. The minimum atomic E-state index is -0.834. The van der Waals surface area contributed by atoms with E-state index >= 15 is 0 Å². The first kappa shape index (κ1) is 20.3. The van der Waals surface area contributed by atoms with Crippen LogP contribution in [0.1, 0.15) is 18.4 Å². The van der Waals surface area contributed by atoms with E-state index in [0.29, 0.717) is 6.54 Å². The Bertz CT molecular complexity index is 1060. The Morgan fingerprint density at radius 3 is 1.93 bits per heavy atom. The van der Waals surface area contributed by atoms with Crippen LogP contribution in [0.2, 0.25) is 0 Å². The normalized spacial score (nSPS) is 14.2. The smallest absolute Gasteiger partial charge is 0.337 e. The summed E-state index contributed by atoms with van der Waals surface area (Å²) >= 11 is 0. The summed E-state index contributed by atoms with van der Waals surface area (Å²) in [5.41, 5.74) is -1.35. The van der Waals surface area contributed by atoms with Gasteiger partial charge in [0.25, 0.3) is 0 Å². The van der Waals surface area contributed by atoms with Crippen LogP contribution in [0.3, 0.4) is 0 Å². The van der Waals surface area contributed by atoms with Crippen LogP contribution >= 0.6 is 0 Å². The number of nitrogens with one attached hydrogen (secondary N) is 1. The van der Waals surface area contributed by atoms with Crippen LogP contribution in [0.15, 0.2) is 70.0 Å². The summed E-state index contributed by atoms with van der Waals surface area (Å²) in [5.74, 6) is -0.458. The number of rotatable bonds is 9. The lowest BCUT2D eigenvalue weighted by molar-refractivity contribution is -0.121. The molecule has 0 unspecified atom stereocenters. The summed E-state index contributed by atoms with van der Waals surface area (Å²) in [5, 5.41) is 2.83. The minimum absolute atomic E-state index is 0.0617. The highest BCUT2D eigenvalue weighted by atomic mass is 16.2. The lowest BCUT2D eigenvalue weighted by Crippen LogP contribution is -2.55. The summed E-state index contributed by atoms with van der Waals surface area (Å²) in [6.07, 6.45) is 4.69. The quantitative estimate of drug-likeness (QED) is 0.621. The Hall–Kier alpha value is -3.42. The van der Waals surface area contributed by atoms with Crippen molar-refractivity contribution >= 4 is 5.91 Å². The van der Waals surface area contributed by atoms with E-state index in [1.54, 1.807) is 0 Å². The fourth-order valence-corrected chi connectivity index (χ4v) is 3.37. The molecular weight excluding hydrogens is 372 g/mol. The second-order valence-electron chi connectivity index (χ2n) is 7.16. The van der Waals surface area contributed by atoms with Crippen LogP contribution in [0.5, 0.6) is 0 Å². The summed E-state index contributed by atoms with van der Waals surface area (Å²) in [4.78, 5) is 50.0. The maximum atomic E-state index is 12.6. The Balaban J connectivity index is 1.82. The van der Waals surface area contributed by atoms with Crippen LogP contribution in [-0.4, -0.2) is 26.2 Å². The second-order valence-corrected chi connectivity index (χ2v) is 7.16. The molecule has 1 heterocycles. The van der Waals surface area contributed by atoms with Crippen molar-refractivity contribution in [3.8, 4) is 0 Å². The molecule has 1 saturated carbocycles. The van der Waals surface area contributed by atoms with Gasteiger partial charge in [-0.15, -0.1) is 13.2 Å². The molecule has 1 aliphatic carbocycles. The highest BCUT2D eigenvalue weighted by Gasteiger charge is 2.44. The summed E-state index contributed by atoms with van der Waals surface area (Å²) < 4.78 is 2.51. The van der Waals surface area contributed by atoms with E-state index in [-0.39, 0.29) is 18.5 Å². The molecule has 0 spiro atoms. The number of aromatic nitrogens is 3. The topological polar surface area (TPSA) is 95.1 Å². The van der Waals surface area contributed by atoms with E-state index in [4.69, 9.17) is 0 Å². The molecule has 1 fully saturated rings. The first-order valence-electron chi connectivity index (χ1n) is 9.42. The van der Waals surface area contributed by atoms with Gasteiger partial charge in [-0.1, -0.05) is 42.5 Å². The zero-order valence-corrected chi connectivity index (χ0v) is 16.2. The maximum Gasteiger partial charge on any atom is 0.337 e. The number of benzene rings is 1. The van der Waals surface area contributed by atoms with E-state index in [1.165, 1.54) is 12.2 Å². The maximum absolute atomic E-state index is 12.6. The van der Waals surface area contributed by atoms with Crippen molar-refractivity contribution in [1.29, 1.82) is 0 Å². The standard InChI is InChI=1S/C21H24N4O4/c1-3-12-23-18(27)24(13-4-2)20(29)25(19(23)28)14-17(26)22-15-21(10-11-21)16-8-6-5-7-9-16/h3-9H,1-2,10-15H2,(H,22,26). The molecule has 29 heavy (non-hydrogen) atoms. The molecule has 3 rings (SSSR count). The van der Waals surface area contributed by atoms with Gasteiger partial charge in [0.1, 0.15) is 6.54 Å². The number of carbonyl (C=O) groups excluding carboxylic acids is 1. The van der Waals surface area contributed by atoms with Crippen LogP contribution in [0, 0.1) is 0 Å². The SMILES string of the molecule is C=CCn1c(=O)n(CC=C)c(=O)n(CC(=O)NCC2(c3ccccc3)CC2)c1=O. The molecular formula is C21H24N4O4. The van der Waals surface area contributed by atoms with Crippen molar-refractivity contribution in [3.05, 3.63) is 92.7 Å². The van der Waals surface area contributed by atoms with Crippen molar-refractivity contribution in [1.82, 2.24) is 19.0 Å². The van der Waals surface area contributed by atoms with Crippen molar-refractivity contribution in [2.75, 3.05) is 6.54 Å². The number of allylic oxidation sites excluding steroid dienone is 2. The van der Waals surface area contributed by atoms with Gasteiger partial charge in [0.2, 0.25) is 5.91 Å². The van der Waals surface area contributed by atoms with Crippen molar-refractivity contribution in [3.63, 3.8) is 0 Å². The van der Waals surface area contributed by atoms with E-state index in [9.17, 15) is 19.2 Å². The highest BCUT2D eigenvalue weighted by Crippen LogP contribution is 2.47. The predicted molar refractivity (Wildman–Crippen MR) is 110 cm³/mol. The molecule has 1 aromatic heterocycles. The van der Waals surface area contributed by atoms with Gasteiger partial charge in [0.05, 0.1) is 13.1 Å². The molecule has 1 aliphatic rings. The Morgan fingerprint density at radius 2 is 1.45 bits per heavy atom. The monoisotopic (exact) mass is 396 g/mol. The van der Waals surface area contributed by atoms with E-state index in [0.717, 1.165) is 32.1 Å². The molecule has 1 amide bonds. The lowest BCUT2D eigenvalue weighted by atomic mass is 9.96. The number of hydrogen-bond acceptors (Lipinski definition) is 4. The van der Waals surface area contributed by atoms with Gasteiger partial charge in [0.15, 0.2) is 0 Å².